The number of benzene rings is 1. The molecular weight excluding hydrogens is 554 g/mol. The van der Waals surface area contributed by atoms with Crippen molar-refractivity contribution in [2.24, 2.45) is 33.8 Å². The second-order valence-electron chi connectivity index (χ2n) is 10.7. The van der Waals surface area contributed by atoms with Crippen LogP contribution in [-0.4, -0.2) is 77.0 Å². The van der Waals surface area contributed by atoms with Crippen LogP contribution in [0.5, 0.6) is 0 Å². The van der Waals surface area contributed by atoms with Crippen LogP contribution in [0, 0.1) is 5.92 Å². The van der Waals surface area contributed by atoms with Gasteiger partial charge >= 0.3 is 5.97 Å². The van der Waals surface area contributed by atoms with Gasteiger partial charge in [-0.15, -0.1) is 0 Å². The maximum Gasteiger partial charge on any atom is 0.326 e. The first-order valence-corrected chi connectivity index (χ1v) is 14.7. The lowest BCUT2D eigenvalue weighted by Crippen LogP contribution is -2.58. The molecule has 0 spiro atoms. The van der Waals surface area contributed by atoms with Gasteiger partial charge in [0.1, 0.15) is 18.1 Å². The molecule has 1 aromatic heterocycles. The molecule has 0 bridgehead atoms. The molecule has 5 unspecified atom stereocenters. The summed E-state index contributed by atoms with van der Waals surface area (Å²) >= 11 is 0. The van der Waals surface area contributed by atoms with Crippen LogP contribution in [-0.2, 0) is 25.6 Å². The molecule has 5 atom stereocenters. The molecule has 0 saturated carbocycles. The number of carboxylic acid groups (broad SMARTS) is 1. The second kappa shape index (κ2) is 17.7. The van der Waals surface area contributed by atoms with Crippen LogP contribution in [0.1, 0.15) is 57.9 Å². The number of aromatic amines is 1. The number of amides is 3. The zero-order chi connectivity index (χ0) is 31.9. The zero-order valence-electron chi connectivity index (χ0n) is 25.0. The van der Waals surface area contributed by atoms with E-state index in [0.29, 0.717) is 32.2 Å². The van der Waals surface area contributed by atoms with Gasteiger partial charge in [0.2, 0.25) is 17.7 Å². The number of nitrogens with zero attached hydrogens (tertiary/aromatic N) is 1. The summed E-state index contributed by atoms with van der Waals surface area (Å²) in [5, 5.41) is 18.6. The normalized spacial score (nSPS) is 14.6. The maximum atomic E-state index is 13.5. The third-order valence-electron chi connectivity index (χ3n) is 7.38. The zero-order valence-corrected chi connectivity index (χ0v) is 25.0. The molecule has 0 aliphatic heterocycles. The molecule has 0 saturated heterocycles. The molecule has 13 N–H and O–H groups in total. The van der Waals surface area contributed by atoms with E-state index in [-0.39, 0.29) is 37.7 Å². The Morgan fingerprint density at radius 3 is 2.28 bits per heavy atom. The van der Waals surface area contributed by atoms with E-state index in [1.807, 2.05) is 44.3 Å². The number of aliphatic imine (C=N–C) groups is 1. The van der Waals surface area contributed by atoms with Crippen LogP contribution in [0.2, 0.25) is 0 Å². The quantitative estimate of drug-likeness (QED) is 0.0586. The summed E-state index contributed by atoms with van der Waals surface area (Å²) in [6.45, 7) is 4.30. The average Bonchev–Trinajstić information content (AvgIpc) is 3.38. The Labute approximate surface area is 251 Å². The van der Waals surface area contributed by atoms with Crippen LogP contribution in [0.15, 0.2) is 35.5 Å². The van der Waals surface area contributed by atoms with E-state index in [0.717, 1.165) is 16.5 Å². The molecular formula is C29H47N9O5. The number of H-pyrrole nitrogens is 1. The monoisotopic (exact) mass is 601 g/mol. The van der Waals surface area contributed by atoms with Gasteiger partial charge in [0.15, 0.2) is 5.96 Å². The lowest BCUT2D eigenvalue weighted by molar-refractivity contribution is -0.142. The predicted octanol–water partition coefficient (Wildman–Crippen LogP) is -0.195. The molecule has 0 aliphatic rings. The highest BCUT2D eigenvalue weighted by Gasteiger charge is 2.32. The summed E-state index contributed by atoms with van der Waals surface area (Å²) in [6.07, 6.45) is 4.40. The van der Waals surface area contributed by atoms with E-state index in [1.165, 1.54) is 0 Å². The van der Waals surface area contributed by atoms with Crippen LogP contribution >= 0.6 is 0 Å². The van der Waals surface area contributed by atoms with Crippen LogP contribution in [0.25, 0.3) is 10.9 Å². The predicted molar refractivity (Wildman–Crippen MR) is 166 cm³/mol. The lowest BCUT2D eigenvalue weighted by atomic mass is 9.96. The number of fused-ring (bicyclic) bond motifs is 1. The molecule has 0 radical (unpaired) electrons. The van der Waals surface area contributed by atoms with Crippen molar-refractivity contribution in [2.45, 2.75) is 83.0 Å². The first-order valence-electron chi connectivity index (χ1n) is 14.7. The SMILES string of the molecule is CCC(C)C(NC(=O)C(N)Cc1c[nH]c2ccccc12)C(=O)NC(CCCCN)C(=O)NC(CCCN=C(N)N)C(=O)O. The van der Waals surface area contributed by atoms with Gasteiger partial charge in [0.25, 0.3) is 0 Å². The van der Waals surface area contributed by atoms with Gasteiger partial charge in [-0.3, -0.25) is 19.4 Å². The molecule has 43 heavy (non-hydrogen) atoms. The molecule has 2 rings (SSSR count). The number of para-hydroxylation sites is 1. The summed E-state index contributed by atoms with van der Waals surface area (Å²) in [5.74, 6) is -3.32. The smallest absolute Gasteiger partial charge is 0.326 e. The van der Waals surface area contributed by atoms with Crippen molar-refractivity contribution >= 4 is 40.6 Å². The Hall–Kier alpha value is -4.17. The largest absolute Gasteiger partial charge is 0.480 e. The van der Waals surface area contributed by atoms with Crippen molar-refractivity contribution in [3.8, 4) is 0 Å². The minimum absolute atomic E-state index is 0.0845. The Balaban J connectivity index is 2.12. The van der Waals surface area contributed by atoms with Crippen LogP contribution < -0.4 is 38.9 Å². The van der Waals surface area contributed by atoms with E-state index >= 15 is 0 Å². The number of nitrogens with one attached hydrogen (secondary N) is 4. The standard InChI is InChI=1S/C29H47N9O5/c1-3-17(2)24(38-25(39)20(31)15-18-16-35-21-10-5-4-9-19(18)21)27(41)36-22(11-6-7-13-30)26(40)37-23(28(42)43)12-8-14-34-29(32)33/h4-5,9-10,16-17,20,22-24,35H,3,6-8,11-15,30-31H2,1-2H3,(H,36,41)(H,37,40)(H,38,39)(H,42,43)(H4,32,33,34). The van der Waals surface area contributed by atoms with Crippen molar-refractivity contribution in [3.63, 3.8) is 0 Å². The second-order valence-corrected chi connectivity index (χ2v) is 10.7. The number of hydrogen-bond donors (Lipinski definition) is 9. The van der Waals surface area contributed by atoms with E-state index in [1.54, 1.807) is 0 Å². The molecule has 1 aromatic carbocycles. The number of aromatic nitrogens is 1. The van der Waals surface area contributed by atoms with Crippen LogP contribution in [0.4, 0.5) is 0 Å². The highest BCUT2D eigenvalue weighted by atomic mass is 16.4. The fraction of sp³-hybridized carbons (Fsp3) is 0.552. The van der Waals surface area contributed by atoms with Crippen molar-refractivity contribution in [1.82, 2.24) is 20.9 Å². The van der Waals surface area contributed by atoms with Crippen LogP contribution in [0.3, 0.4) is 0 Å². The number of carbonyl (C=O) groups excluding carboxylic acids is 3. The number of guanidine groups is 1. The Kier molecular flexibility index (Phi) is 14.4. The minimum Gasteiger partial charge on any atom is -0.480 e. The summed E-state index contributed by atoms with van der Waals surface area (Å²) in [6, 6.07) is 3.55. The molecule has 0 fully saturated rings. The molecule has 3 amide bonds. The summed E-state index contributed by atoms with van der Waals surface area (Å²) < 4.78 is 0. The maximum absolute atomic E-state index is 13.5. The van der Waals surface area contributed by atoms with Gasteiger partial charge < -0.3 is 49.0 Å². The summed E-state index contributed by atoms with van der Waals surface area (Å²) in [7, 11) is 0. The van der Waals surface area contributed by atoms with Gasteiger partial charge in [-0.05, 0) is 62.6 Å². The highest BCUT2D eigenvalue weighted by Crippen LogP contribution is 2.19. The van der Waals surface area contributed by atoms with Gasteiger partial charge in [-0.2, -0.15) is 0 Å². The van der Waals surface area contributed by atoms with Gasteiger partial charge in [0.05, 0.1) is 6.04 Å². The fourth-order valence-electron chi connectivity index (χ4n) is 4.65. The molecule has 2 aromatic rings. The number of hydrogen-bond acceptors (Lipinski definition) is 7. The van der Waals surface area contributed by atoms with Gasteiger partial charge in [-0.25, -0.2) is 4.79 Å². The summed E-state index contributed by atoms with van der Waals surface area (Å²) in [4.78, 5) is 58.7. The Bertz CT molecular complexity index is 1240. The molecule has 1 heterocycles. The molecule has 14 heteroatoms. The number of unbranched alkanes of at least 4 members (excludes halogenated alkanes) is 1. The number of carbonyl (C=O) groups is 4. The first kappa shape index (κ1) is 35.0. The van der Waals surface area contributed by atoms with Gasteiger partial charge in [-0.1, -0.05) is 38.5 Å². The molecule has 0 aliphatic carbocycles. The number of nitrogens with two attached hydrogens (primary N) is 4. The third-order valence-corrected chi connectivity index (χ3v) is 7.38. The average molecular weight is 602 g/mol. The Morgan fingerprint density at radius 2 is 1.63 bits per heavy atom. The lowest BCUT2D eigenvalue weighted by Gasteiger charge is -2.28. The molecule has 14 nitrogen and oxygen atoms in total. The first-order chi connectivity index (χ1) is 20.5. The fourth-order valence-corrected chi connectivity index (χ4v) is 4.65. The highest BCUT2D eigenvalue weighted by molar-refractivity contribution is 5.94. The van der Waals surface area contributed by atoms with Crippen molar-refractivity contribution in [1.29, 1.82) is 0 Å². The topological polar surface area (TPSA) is 257 Å². The molecule has 238 valence electrons. The number of aliphatic carboxylic acids is 1. The van der Waals surface area contributed by atoms with E-state index < -0.39 is 47.9 Å². The third kappa shape index (κ3) is 11.2. The van der Waals surface area contributed by atoms with E-state index in [2.05, 4.69) is 25.9 Å². The number of rotatable bonds is 19. The van der Waals surface area contributed by atoms with Gasteiger partial charge in [0, 0.05) is 23.6 Å². The van der Waals surface area contributed by atoms with Crippen molar-refractivity contribution in [2.75, 3.05) is 13.1 Å². The van der Waals surface area contributed by atoms with Crippen molar-refractivity contribution in [3.05, 3.63) is 36.0 Å². The van der Waals surface area contributed by atoms with Crippen molar-refractivity contribution < 1.29 is 24.3 Å². The van der Waals surface area contributed by atoms with E-state index in [4.69, 9.17) is 22.9 Å². The van der Waals surface area contributed by atoms with E-state index in [9.17, 15) is 24.3 Å². The summed E-state index contributed by atoms with van der Waals surface area (Å²) in [5.41, 5.74) is 24.3. The number of carboxylic acids is 1. The Morgan fingerprint density at radius 1 is 0.953 bits per heavy atom. The minimum atomic E-state index is -1.22.